The SMILES string of the molecule is Cc1cccc(-n2cccc2[C@@H]2[C@@H](c3ccccn3)NC(=S)N2c2ccc(OC3CCCC3)cc2)c1. The molecular formula is C30H30N4OS. The number of thiocarbonyl (C=S) groups is 1. The van der Waals surface area contributed by atoms with Gasteiger partial charge in [0.05, 0.1) is 17.8 Å². The van der Waals surface area contributed by atoms with Crippen molar-refractivity contribution in [2.75, 3.05) is 4.90 Å². The van der Waals surface area contributed by atoms with Gasteiger partial charge in [-0.2, -0.15) is 0 Å². The molecule has 36 heavy (non-hydrogen) atoms. The molecule has 182 valence electrons. The average molecular weight is 495 g/mol. The smallest absolute Gasteiger partial charge is 0.174 e. The van der Waals surface area contributed by atoms with Gasteiger partial charge in [-0.3, -0.25) is 4.98 Å². The molecule has 2 aromatic carbocycles. The van der Waals surface area contributed by atoms with E-state index < -0.39 is 0 Å². The second-order valence-electron chi connectivity index (χ2n) is 9.66. The molecule has 2 atom stereocenters. The van der Waals surface area contributed by atoms with Gasteiger partial charge in [0.25, 0.3) is 0 Å². The number of aryl methyl sites for hydroxylation is 1. The van der Waals surface area contributed by atoms with Crippen LogP contribution in [-0.2, 0) is 0 Å². The van der Waals surface area contributed by atoms with E-state index in [0.29, 0.717) is 11.2 Å². The Balaban J connectivity index is 1.40. The molecule has 4 aromatic rings. The molecule has 0 amide bonds. The van der Waals surface area contributed by atoms with E-state index in [2.05, 4.69) is 94.6 Å². The second kappa shape index (κ2) is 9.78. The number of ether oxygens (including phenoxy) is 1. The maximum Gasteiger partial charge on any atom is 0.174 e. The highest BCUT2D eigenvalue weighted by Crippen LogP contribution is 2.42. The van der Waals surface area contributed by atoms with E-state index in [0.717, 1.165) is 41.4 Å². The maximum absolute atomic E-state index is 6.22. The first-order valence-electron chi connectivity index (χ1n) is 12.7. The molecule has 2 aliphatic rings. The molecule has 6 rings (SSSR count). The lowest BCUT2D eigenvalue weighted by Gasteiger charge is -2.29. The van der Waals surface area contributed by atoms with Crippen LogP contribution in [0.5, 0.6) is 5.75 Å². The lowest BCUT2D eigenvalue weighted by Crippen LogP contribution is -2.30. The molecule has 1 N–H and O–H groups in total. The minimum absolute atomic E-state index is 0.0792. The van der Waals surface area contributed by atoms with Gasteiger partial charge < -0.3 is 19.5 Å². The Labute approximate surface area is 217 Å². The van der Waals surface area contributed by atoms with Crippen LogP contribution in [0.1, 0.15) is 54.7 Å². The molecule has 2 aromatic heterocycles. The number of nitrogens with zero attached hydrogens (tertiary/aromatic N) is 3. The minimum atomic E-state index is -0.0911. The number of anilines is 1. The van der Waals surface area contributed by atoms with Crippen LogP contribution in [0.3, 0.4) is 0 Å². The van der Waals surface area contributed by atoms with E-state index in [4.69, 9.17) is 21.9 Å². The molecule has 0 bridgehead atoms. The van der Waals surface area contributed by atoms with Crippen LogP contribution in [-0.4, -0.2) is 20.8 Å². The summed E-state index contributed by atoms with van der Waals surface area (Å²) in [5.74, 6) is 0.921. The summed E-state index contributed by atoms with van der Waals surface area (Å²) in [5.41, 5.74) is 5.50. The van der Waals surface area contributed by atoms with E-state index in [9.17, 15) is 0 Å². The molecule has 1 saturated carbocycles. The van der Waals surface area contributed by atoms with Gasteiger partial charge in [-0.1, -0.05) is 18.2 Å². The Morgan fingerprint density at radius 3 is 2.50 bits per heavy atom. The summed E-state index contributed by atoms with van der Waals surface area (Å²) >= 11 is 5.93. The van der Waals surface area contributed by atoms with Gasteiger partial charge in [-0.15, -0.1) is 0 Å². The molecule has 1 saturated heterocycles. The fourth-order valence-electron chi connectivity index (χ4n) is 5.47. The van der Waals surface area contributed by atoms with Crippen LogP contribution in [0.4, 0.5) is 5.69 Å². The monoisotopic (exact) mass is 494 g/mol. The predicted molar refractivity (Wildman–Crippen MR) is 148 cm³/mol. The van der Waals surface area contributed by atoms with Crippen LogP contribution in [0.25, 0.3) is 5.69 Å². The number of pyridine rings is 1. The van der Waals surface area contributed by atoms with Crippen molar-refractivity contribution in [2.45, 2.75) is 50.8 Å². The van der Waals surface area contributed by atoms with Crippen molar-refractivity contribution in [3.8, 4) is 11.4 Å². The molecule has 1 aliphatic carbocycles. The Kier molecular flexibility index (Phi) is 6.20. The predicted octanol–water partition coefficient (Wildman–Crippen LogP) is 6.68. The largest absolute Gasteiger partial charge is 0.490 e. The zero-order valence-corrected chi connectivity index (χ0v) is 21.2. The third-order valence-electron chi connectivity index (χ3n) is 7.18. The highest BCUT2D eigenvalue weighted by molar-refractivity contribution is 7.80. The molecule has 5 nitrogen and oxygen atoms in total. The van der Waals surface area contributed by atoms with E-state index in [1.807, 2.05) is 18.3 Å². The van der Waals surface area contributed by atoms with Gasteiger partial charge in [0.2, 0.25) is 0 Å². The first kappa shape index (κ1) is 22.8. The van der Waals surface area contributed by atoms with Gasteiger partial charge in [-0.05, 0) is 111 Å². The first-order chi connectivity index (χ1) is 17.7. The summed E-state index contributed by atoms with van der Waals surface area (Å²) in [6.45, 7) is 2.12. The average Bonchev–Trinajstić information content (AvgIpc) is 3.65. The number of rotatable bonds is 6. The second-order valence-corrected chi connectivity index (χ2v) is 10.0. The third-order valence-corrected chi connectivity index (χ3v) is 7.50. The highest BCUT2D eigenvalue weighted by Gasteiger charge is 2.42. The number of benzene rings is 2. The first-order valence-corrected chi connectivity index (χ1v) is 13.1. The zero-order chi connectivity index (χ0) is 24.5. The number of aromatic nitrogens is 2. The topological polar surface area (TPSA) is 42.3 Å². The molecule has 6 heteroatoms. The van der Waals surface area contributed by atoms with Crippen LogP contribution < -0.4 is 15.0 Å². The fraction of sp³-hybridized carbons (Fsp3) is 0.267. The lowest BCUT2D eigenvalue weighted by atomic mass is 10.0. The van der Waals surface area contributed by atoms with Gasteiger partial charge in [0.1, 0.15) is 11.8 Å². The van der Waals surface area contributed by atoms with Crippen molar-refractivity contribution >= 4 is 23.0 Å². The quantitative estimate of drug-likeness (QED) is 0.303. The van der Waals surface area contributed by atoms with E-state index in [1.165, 1.54) is 18.4 Å². The van der Waals surface area contributed by atoms with Crippen molar-refractivity contribution in [3.63, 3.8) is 0 Å². The number of nitrogens with one attached hydrogen (secondary N) is 1. The van der Waals surface area contributed by atoms with Gasteiger partial charge >= 0.3 is 0 Å². The van der Waals surface area contributed by atoms with Crippen LogP contribution in [0, 0.1) is 6.92 Å². The lowest BCUT2D eigenvalue weighted by molar-refractivity contribution is 0.210. The number of hydrogen-bond donors (Lipinski definition) is 1. The Morgan fingerprint density at radius 1 is 0.917 bits per heavy atom. The van der Waals surface area contributed by atoms with Gasteiger partial charge in [0, 0.05) is 29.5 Å². The van der Waals surface area contributed by atoms with Gasteiger partial charge in [0.15, 0.2) is 5.11 Å². The Bertz CT molecular complexity index is 1340. The Hall–Kier alpha value is -3.64. The summed E-state index contributed by atoms with van der Waals surface area (Å²) in [5, 5.41) is 4.26. The fourth-order valence-corrected chi connectivity index (χ4v) is 5.81. The molecule has 2 fully saturated rings. The summed E-state index contributed by atoms with van der Waals surface area (Å²) in [7, 11) is 0. The molecule has 0 radical (unpaired) electrons. The number of hydrogen-bond acceptors (Lipinski definition) is 3. The van der Waals surface area contributed by atoms with E-state index >= 15 is 0 Å². The molecule has 1 aliphatic heterocycles. The molecule has 3 heterocycles. The van der Waals surface area contributed by atoms with Crippen molar-refractivity contribution in [3.05, 3.63) is 108 Å². The summed E-state index contributed by atoms with van der Waals surface area (Å²) in [4.78, 5) is 6.91. The molecule has 0 unspecified atom stereocenters. The van der Waals surface area contributed by atoms with Crippen molar-refractivity contribution in [2.24, 2.45) is 0 Å². The van der Waals surface area contributed by atoms with E-state index in [-0.39, 0.29) is 12.1 Å². The standard InChI is InChI=1S/C30H30N4OS/c1-21-8-6-9-23(20-21)33-19-7-13-27(33)29-28(26-12-4-5-18-31-26)32-30(36)34(29)22-14-16-25(17-15-22)35-24-10-2-3-11-24/h4-9,12-20,24,28-29H,2-3,10-11H2,1H3,(H,32,36)/t28-,29-/m1/s1. The summed E-state index contributed by atoms with van der Waals surface area (Å²) in [6.07, 6.45) is 9.11. The summed E-state index contributed by atoms with van der Waals surface area (Å²) in [6, 6.07) is 27.1. The zero-order valence-electron chi connectivity index (χ0n) is 20.4. The van der Waals surface area contributed by atoms with E-state index in [1.54, 1.807) is 0 Å². The van der Waals surface area contributed by atoms with Gasteiger partial charge in [-0.25, -0.2) is 0 Å². The third kappa shape index (κ3) is 4.37. The van der Waals surface area contributed by atoms with Crippen molar-refractivity contribution < 1.29 is 4.74 Å². The molecule has 0 spiro atoms. The van der Waals surface area contributed by atoms with Crippen LogP contribution in [0.15, 0.2) is 91.3 Å². The van der Waals surface area contributed by atoms with Crippen molar-refractivity contribution in [1.29, 1.82) is 0 Å². The molecular weight excluding hydrogens is 464 g/mol. The minimum Gasteiger partial charge on any atom is -0.490 e. The van der Waals surface area contributed by atoms with Crippen LogP contribution >= 0.6 is 12.2 Å². The van der Waals surface area contributed by atoms with Crippen LogP contribution in [0.2, 0.25) is 0 Å². The highest BCUT2D eigenvalue weighted by atomic mass is 32.1. The summed E-state index contributed by atoms with van der Waals surface area (Å²) < 4.78 is 8.47. The maximum atomic E-state index is 6.22. The normalized spacial score (nSPS) is 20.0. The Morgan fingerprint density at radius 2 is 1.75 bits per heavy atom. The van der Waals surface area contributed by atoms with Crippen molar-refractivity contribution in [1.82, 2.24) is 14.9 Å².